The lowest BCUT2D eigenvalue weighted by Gasteiger charge is -2.09. The van der Waals surface area contributed by atoms with Crippen LogP contribution in [0, 0.1) is 6.92 Å². The molecule has 0 saturated heterocycles. The molecule has 0 fully saturated rings. The summed E-state index contributed by atoms with van der Waals surface area (Å²) in [5, 5.41) is 4.63. The number of fused-ring (bicyclic) bond motifs is 1. The Labute approximate surface area is 172 Å². The molecule has 0 atom stereocenters. The maximum absolute atomic E-state index is 12.7. The second kappa shape index (κ2) is 7.66. The summed E-state index contributed by atoms with van der Waals surface area (Å²) in [6.45, 7) is 2.66. The summed E-state index contributed by atoms with van der Waals surface area (Å²) in [6, 6.07) is 17.0. The number of aromatic nitrogens is 2. The molecule has 4 rings (SSSR count). The second-order valence-corrected chi connectivity index (χ2v) is 7.39. The van der Waals surface area contributed by atoms with Gasteiger partial charge in [-0.25, -0.2) is 4.98 Å². The fraction of sp³-hybridized carbons (Fsp3) is 0.0909. The highest BCUT2D eigenvalue weighted by Gasteiger charge is 2.18. The van der Waals surface area contributed by atoms with Crippen molar-refractivity contribution in [2.24, 2.45) is 0 Å². The van der Waals surface area contributed by atoms with Gasteiger partial charge in [0.2, 0.25) is 0 Å². The number of carbonyl (C=O) groups is 1. The fourth-order valence-corrected chi connectivity index (χ4v) is 3.69. The van der Waals surface area contributed by atoms with E-state index in [1.807, 2.05) is 35.9 Å². The third-order valence-corrected chi connectivity index (χ3v) is 5.20. The van der Waals surface area contributed by atoms with Crippen LogP contribution in [0.15, 0.2) is 67.0 Å². The van der Waals surface area contributed by atoms with Crippen molar-refractivity contribution in [3.63, 3.8) is 0 Å². The summed E-state index contributed by atoms with van der Waals surface area (Å²) >= 11 is 12.5. The average Bonchev–Trinajstić information content (AvgIpc) is 3.01. The van der Waals surface area contributed by atoms with Crippen LogP contribution < -0.4 is 5.32 Å². The zero-order chi connectivity index (χ0) is 19.7. The molecule has 4 nitrogen and oxygen atoms in total. The van der Waals surface area contributed by atoms with Crippen molar-refractivity contribution < 1.29 is 4.79 Å². The predicted octanol–water partition coefficient (Wildman–Crippen LogP) is 5.95. The monoisotopic (exact) mass is 409 g/mol. The smallest absolute Gasteiger partial charge is 0.258 e. The van der Waals surface area contributed by atoms with Gasteiger partial charge in [-0.2, -0.15) is 0 Å². The lowest BCUT2D eigenvalue weighted by molar-refractivity contribution is 0.102. The highest BCUT2D eigenvalue weighted by atomic mass is 35.5. The van der Waals surface area contributed by atoms with Gasteiger partial charge in [0.1, 0.15) is 5.65 Å². The number of nitrogens with one attached hydrogen (secondary N) is 1. The Morgan fingerprint density at radius 3 is 2.50 bits per heavy atom. The van der Waals surface area contributed by atoms with Gasteiger partial charge in [-0.1, -0.05) is 53.5 Å². The minimum Gasteiger partial charge on any atom is -0.328 e. The van der Waals surface area contributed by atoms with Crippen LogP contribution in [-0.2, 0) is 6.54 Å². The number of carbonyl (C=O) groups excluding carboxylic acids is 1. The molecule has 0 aliphatic rings. The first-order valence-corrected chi connectivity index (χ1v) is 9.53. The van der Waals surface area contributed by atoms with E-state index in [9.17, 15) is 4.79 Å². The summed E-state index contributed by atoms with van der Waals surface area (Å²) in [4.78, 5) is 17.2. The lowest BCUT2D eigenvalue weighted by Crippen LogP contribution is -2.13. The number of benzene rings is 2. The third kappa shape index (κ3) is 3.61. The molecule has 2 aromatic carbocycles. The molecule has 1 N–H and O–H groups in total. The Morgan fingerprint density at radius 2 is 1.79 bits per heavy atom. The molecule has 4 aromatic rings. The van der Waals surface area contributed by atoms with Crippen LogP contribution in [0.5, 0.6) is 0 Å². The number of amides is 1. The molecule has 140 valence electrons. The van der Waals surface area contributed by atoms with E-state index < -0.39 is 0 Å². The zero-order valence-electron chi connectivity index (χ0n) is 15.1. The van der Waals surface area contributed by atoms with Gasteiger partial charge in [-0.05, 0) is 42.3 Å². The van der Waals surface area contributed by atoms with Crippen LogP contribution in [0.1, 0.15) is 21.5 Å². The largest absolute Gasteiger partial charge is 0.328 e. The summed E-state index contributed by atoms with van der Waals surface area (Å²) < 4.78 is 2.05. The van der Waals surface area contributed by atoms with Gasteiger partial charge in [0.05, 0.1) is 10.6 Å². The Bertz CT molecular complexity index is 1150. The first kappa shape index (κ1) is 18.5. The summed E-state index contributed by atoms with van der Waals surface area (Å²) in [6.07, 6.45) is 3.54. The average molecular weight is 410 g/mol. The maximum atomic E-state index is 12.7. The van der Waals surface area contributed by atoms with Crippen LogP contribution in [0.2, 0.25) is 10.0 Å². The maximum Gasteiger partial charge on any atom is 0.258 e. The predicted molar refractivity (Wildman–Crippen MR) is 114 cm³/mol. The number of rotatable bonds is 4. The molecule has 2 heterocycles. The van der Waals surface area contributed by atoms with Crippen molar-refractivity contribution in [1.82, 2.24) is 9.55 Å². The Hall–Kier alpha value is -2.82. The summed E-state index contributed by atoms with van der Waals surface area (Å²) in [7, 11) is 0. The quantitative estimate of drug-likeness (QED) is 0.452. The van der Waals surface area contributed by atoms with Crippen molar-refractivity contribution in [1.29, 1.82) is 0 Å². The van der Waals surface area contributed by atoms with Gasteiger partial charge >= 0.3 is 0 Å². The van der Waals surface area contributed by atoms with Crippen molar-refractivity contribution in [3.8, 4) is 0 Å². The van der Waals surface area contributed by atoms with Crippen LogP contribution >= 0.6 is 23.2 Å². The van der Waals surface area contributed by atoms with Gasteiger partial charge in [0, 0.05) is 35.0 Å². The van der Waals surface area contributed by atoms with E-state index in [-0.39, 0.29) is 5.91 Å². The van der Waals surface area contributed by atoms with E-state index >= 15 is 0 Å². The van der Waals surface area contributed by atoms with Gasteiger partial charge in [-0.15, -0.1) is 0 Å². The fourth-order valence-electron chi connectivity index (χ4n) is 3.20. The lowest BCUT2D eigenvalue weighted by atomic mass is 10.1. The Kier molecular flexibility index (Phi) is 5.07. The van der Waals surface area contributed by atoms with Crippen LogP contribution in [0.4, 0.5) is 5.69 Å². The number of anilines is 1. The SMILES string of the molecule is Cc1cn(Cc2ccccc2)c2ncc(C(=O)Nc3ccc(Cl)cc3)c(Cl)c12. The molecule has 0 bridgehead atoms. The van der Waals surface area contributed by atoms with E-state index in [0.29, 0.717) is 27.8 Å². The first-order chi connectivity index (χ1) is 13.5. The molecule has 0 saturated carbocycles. The molecular formula is C22H17Cl2N3O. The minimum atomic E-state index is -0.308. The number of hydrogen-bond donors (Lipinski definition) is 1. The molecule has 0 unspecified atom stereocenters. The molecule has 0 spiro atoms. The number of halogens is 2. The van der Waals surface area contributed by atoms with Gasteiger partial charge in [-0.3, -0.25) is 4.79 Å². The second-order valence-electron chi connectivity index (χ2n) is 6.57. The van der Waals surface area contributed by atoms with Crippen LogP contribution in [-0.4, -0.2) is 15.5 Å². The van der Waals surface area contributed by atoms with Gasteiger partial charge in [0.15, 0.2) is 0 Å². The Balaban J connectivity index is 1.68. The highest BCUT2D eigenvalue weighted by Crippen LogP contribution is 2.31. The molecule has 6 heteroatoms. The molecular weight excluding hydrogens is 393 g/mol. The number of aryl methyl sites for hydroxylation is 1. The van der Waals surface area contributed by atoms with Crippen molar-refractivity contribution in [2.45, 2.75) is 13.5 Å². The Morgan fingerprint density at radius 1 is 1.07 bits per heavy atom. The number of hydrogen-bond acceptors (Lipinski definition) is 2. The normalized spacial score (nSPS) is 11.0. The third-order valence-electron chi connectivity index (χ3n) is 4.55. The van der Waals surface area contributed by atoms with E-state index in [0.717, 1.165) is 16.6 Å². The van der Waals surface area contributed by atoms with Gasteiger partial charge in [0.25, 0.3) is 5.91 Å². The molecule has 0 aliphatic heterocycles. The van der Waals surface area contributed by atoms with Crippen molar-refractivity contribution >= 4 is 45.8 Å². The molecule has 0 radical (unpaired) electrons. The number of nitrogens with zero attached hydrogens (tertiary/aromatic N) is 2. The summed E-state index contributed by atoms with van der Waals surface area (Å²) in [5.74, 6) is -0.308. The molecule has 0 aliphatic carbocycles. The minimum absolute atomic E-state index is 0.308. The highest BCUT2D eigenvalue weighted by molar-refractivity contribution is 6.39. The zero-order valence-corrected chi connectivity index (χ0v) is 16.6. The summed E-state index contributed by atoms with van der Waals surface area (Å²) in [5.41, 5.74) is 3.88. The molecule has 1 amide bonds. The van der Waals surface area contributed by atoms with E-state index in [1.54, 1.807) is 24.3 Å². The topological polar surface area (TPSA) is 46.9 Å². The van der Waals surface area contributed by atoms with E-state index in [2.05, 4.69) is 22.4 Å². The van der Waals surface area contributed by atoms with E-state index in [4.69, 9.17) is 23.2 Å². The standard InChI is InChI=1S/C22H17Cl2N3O/c1-14-12-27(13-15-5-3-2-4-6-15)21-19(14)20(24)18(11-25-21)22(28)26-17-9-7-16(23)8-10-17/h2-12H,13H2,1H3,(H,26,28). The van der Waals surface area contributed by atoms with E-state index in [1.165, 1.54) is 11.8 Å². The van der Waals surface area contributed by atoms with Crippen LogP contribution in [0.3, 0.4) is 0 Å². The van der Waals surface area contributed by atoms with Gasteiger partial charge < -0.3 is 9.88 Å². The van der Waals surface area contributed by atoms with Crippen molar-refractivity contribution in [2.75, 3.05) is 5.32 Å². The number of pyridine rings is 1. The first-order valence-electron chi connectivity index (χ1n) is 8.77. The van der Waals surface area contributed by atoms with Crippen LogP contribution in [0.25, 0.3) is 11.0 Å². The molecule has 28 heavy (non-hydrogen) atoms. The molecule has 2 aromatic heterocycles. The van der Waals surface area contributed by atoms with Crippen molar-refractivity contribution in [3.05, 3.63) is 93.7 Å².